The molecule has 0 aliphatic heterocycles. The van der Waals surface area contributed by atoms with Crippen LogP contribution in [-0.4, -0.2) is 25.2 Å². The number of carbonyl (C=O) groups is 1. The maximum Gasteiger partial charge on any atom is 0.328 e. The number of aromatic amines is 1. The number of aryl methyl sites for hydroxylation is 1. The van der Waals surface area contributed by atoms with Crippen LogP contribution >= 0.6 is 0 Å². The molecule has 1 atom stereocenters. The Hall–Kier alpha value is -3.94. The lowest BCUT2D eigenvalue weighted by Gasteiger charge is -2.18. The Morgan fingerprint density at radius 3 is 2.57 bits per heavy atom. The lowest BCUT2D eigenvalue weighted by molar-refractivity contribution is 0.0943. The molecule has 0 saturated carbocycles. The average Bonchev–Trinajstić information content (AvgIpc) is 3.18. The molecule has 2 aromatic carbocycles. The van der Waals surface area contributed by atoms with Gasteiger partial charge in [-0.15, -0.1) is 0 Å². The summed E-state index contributed by atoms with van der Waals surface area (Å²) < 4.78 is 2.80. The van der Waals surface area contributed by atoms with Crippen LogP contribution in [0, 0.1) is 0 Å². The van der Waals surface area contributed by atoms with E-state index < -0.39 is 11.7 Å². The first kappa shape index (κ1) is 19.4. The summed E-state index contributed by atoms with van der Waals surface area (Å²) in [6, 6.07) is 13.9. The van der Waals surface area contributed by atoms with Crippen molar-refractivity contribution in [2.45, 2.75) is 19.5 Å². The van der Waals surface area contributed by atoms with Crippen LogP contribution in [0.3, 0.4) is 0 Å². The van der Waals surface area contributed by atoms with E-state index in [2.05, 4.69) is 15.4 Å². The van der Waals surface area contributed by atoms with Gasteiger partial charge in [0.15, 0.2) is 0 Å². The molecule has 8 heteroatoms. The van der Waals surface area contributed by atoms with Gasteiger partial charge in [0.25, 0.3) is 11.5 Å². The van der Waals surface area contributed by atoms with Crippen molar-refractivity contribution in [3.63, 3.8) is 0 Å². The number of H-pyrrole nitrogens is 1. The van der Waals surface area contributed by atoms with Crippen LogP contribution in [0.25, 0.3) is 10.9 Å². The van der Waals surface area contributed by atoms with Gasteiger partial charge in [-0.05, 0) is 30.7 Å². The third kappa shape index (κ3) is 3.55. The van der Waals surface area contributed by atoms with Gasteiger partial charge in [0.1, 0.15) is 0 Å². The molecule has 1 amide bonds. The van der Waals surface area contributed by atoms with Crippen molar-refractivity contribution in [2.75, 3.05) is 0 Å². The number of nitrogens with one attached hydrogen (secondary N) is 2. The zero-order valence-electron chi connectivity index (χ0n) is 16.6. The summed E-state index contributed by atoms with van der Waals surface area (Å²) in [5, 5.41) is 7.60. The van der Waals surface area contributed by atoms with E-state index in [1.807, 2.05) is 43.6 Å². The van der Waals surface area contributed by atoms with Crippen molar-refractivity contribution < 1.29 is 4.79 Å². The first-order valence-electron chi connectivity index (χ1n) is 9.59. The predicted molar refractivity (Wildman–Crippen MR) is 113 cm³/mol. The molecule has 4 aromatic rings. The molecule has 8 nitrogen and oxygen atoms in total. The summed E-state index contributed by atoms with van der Waals surface area (Å²) in [6.45, 7) is 2.00. The number of aromatic nitrogens is 4. The number of benzene rings is 2. The smallest absolute Gasteiger partial charge is 0.328 e. The fourth-order valence-corrected chi connectivity index (χ4v) is 3.49. The SMILES string of the molecule is CCn1c(=O)[nH]c2cc(C(=O)NC(c3ccccc3)c3cnn(C)c3)ccc2c1=O. The van der Waals surface area contributed by atoms with E-state index in [4.69, 9.17) is 0 Å². The van der Waals surface area contributed by atoms with Gasteiger partial charge in [0, 0.05) is 30.9 Å². The molecule has 152 valence electrons. The van der Waals surface area contributed by atoms with Gasteiger partial charge in [-0.3, -0.25) is 18.8 Å². The normalized spacial score (nSPS) is 12.1. The Morgan fingerprint density at radius 2 is 1.90 bits per heavy atom. The second-order valence-electron chi connectivity index (χ2n) is 7.00. The van der Waals surface area contributed by atoms with Gasteiger partial charge in [0.05, 0.1) is 23.1 Å². The van der Waals surface area contributed by atoms with E-state index in [1.165, 1.54) is 6.07 Å². The number of hydrogen-bond donors (Lipinski definition) is 2. The molecular formula is C22H21N5O3. The molecule has 0 spiro atoms. The second-order valence-corrected chi connectivity index (χ2v) is 7.00. The van der Waals surface area contributed by atoms with Gasteiger partial charge in [-0.25, -0.2) is 4.79 Å². The highest BCUT2D eigenvalue weighted by Crippen LogP contribution is 2.22. The molecule has 0 saturated heterocycles. The quantitative estimate of drug-likeness (QED) is 0.532. The third-order valence-electron chi connectivity index (χ3n) is 5.03. The first-order chi connectivity index (χ1) is 14.5. The number of rotatable bonds is 5. The van der Waals surface area contributed by atoms with Crippen molar-refractivity contribution in [3.05, 3.63) is 98.5 Å². The Labute approximate surface area is 171 Å². The topological polar surface area (TPSA) is 102 Å². The molecule has 4 rings (SSSR count). The molecule has 0 bridgehead atoms. The Balaban J connectivity index is 1.71. The van der Waals surface area contributed by atoms with Crippen molar-refractivity contribution in [1.29, 1.82) is 0 Å². The van der Waals surface area contributed by atoms with Crippen LogP contribution in [0.15, 0.2) is 70.5 Å². The van der Waals surface area contributed by atoms with Crippen molar-refractivity contribution >= 4 is 16.8 Å². The van der Waals surface area contributed by atoms with E-state index >= 15 is 0 Å². The molecule has 0 aliphatic carbocycles. The average molecular weight is 403 g/mol. The summed E-state index contributed by atoms with van der Waals surface area (Å²) in [7, 11) is 1.82. The summed E-state index contributed by atoms with van der Waals surface area (Å²) in [5.41, 5.74) is 1.57. The van der Waals surface area contributed by atoms with Gasteiger partial charge >= 0.3 is 5.69 Å². The van der Waals surface area contributed by atoms with Crippen LogP contribution in [0.2, 0.25) is 0 Å². The fourth-order valence-electron chi connectivity index (χ4n) is 3.49. The zero-order chi connectivity index (χ0) is 21.3. The van der Waals surface area contributed by atoms with E-state index in [0.29, 0.717) is 16.5 Å². The zero-order valence-corrected chi connectivity index (χ0v) is 16.6. The van der Waals surface area contributed by atoms with Crippen LogP contribution in [0.5, 0.6) is 0 Å². The number of carbonyl (C=O) groups excluding carboxylic acids is 1. The molecule has 0 fully saturated rings. The van der Waals surface area contributed by atoms with E-state index in [0.717, 1.165) is 15.7 Å². The first-order valence-corrected chi connectivity index (χ1v) is 9.59. The molecule has 2 heterocycles. The maximum absolute atomic E-state index is 13.0. The van der Waals surface area contributed by atoms with Crippen molar-refractivity contribution in [2.24, 2.45) is 7.05 Å². The number of fused-ring (bicyclic) bond motifs is 1. The highest BCUT2D eigenvalue weighted by Gasteiger charge is 2.20. The van der Waals surface area contributed by atoms with Crippen molar-refractivity contribution in [1.82, 2.24) is 24.6 Å². The third-order valence-corrected chi connectivity index (χ3v) is 5.03. The molecule has 0 aliphatic rings. The van der Waals surface area contributed by atoms with Crippen LogP contribution in [0.4, 0.5) is 0 Å². The van der Waals surface area contributed by atoms with Crippen LogP contribution < -0.4 is 16.6 Å². The molecule has 0 radical (unpaired) electrons. The molecule has 30 heavy (non-hydrogen) atoms. The Kier molecular flexibility index (Phi) is 5.05. The lowest BCUT2D eigenvalue weighted by atomic mass is 10.0. The molecule has 2 N–H and O–H groups in total. The van der Waals surface area contributed by atoms with E-state index in [1.54, 1.807) is 29.9 Å². The highest BCUT2D eigenvalue weighted by atomic mass is 16.2. The van der Waals surface area contributed by atoms with Gasteiger partial charge < -0.3 is 10.3 Å². The van der Waals surface area contributed by atoms with Crippen molar-refractivity contribution in [3.8, 4) is 0 Å². The Bertz CT molecular complexity index is 1330. The largest absolute Gasteiger partial charge is 0.341 e. The Morgan fingerprint density at radius 1 is 1.13 bits per heavy atom. The minimum atomic E-state index is -0.495. The number of hydrogen-bond acceptors (Lipinski definition) is 4. The molecule has 1 unspecified atom stereocenters. The van der Waals surface area contributed by atoms with E-state index in [9.17, 15) is 14.4 Å². The van der Waals surface area contributed by atoms with Gasteiger partial charge in [-0.1, -0.05) is 30.3 Å². The standard InChI is InChI=1S/C22H21N5O3/c1-3-27-21(29)17-10-9-15(11-18(17)24-22(27)30)20(28)25-19(14-7-5-4-6-8-14)16-12-23-26(2)13-16/h4-13,19H,3H2,1-2H3,(H,24,30)(H,25,28). The summed E-state index contributed by atoms with van der Waals surface area (Å²) in [4.78, 5) is 40.3. The van der Waals surface area contributed by atoms with Gasteiger partial charge in [-0.2, -0.15) is 5.10 Å². The molecule has 2 aromatic heterocycles. The second kappa shape index (κ2) is 7.82. The van der Waals surface area contributed by atoms with Crippen LogP contribution in [0.1, 0.15) is 34.5 Å². The number of nitrogens with zero attached hydrogens (tertiary/aromatic N) is 3. The van der Waals surface area contributed by atoms with Crippen LogP contribution in [-0.2, 0) is 13.6 Å². The molecular weight excluding hydrogens is 382 g/mol. The summed E-state index contributed by atoms with van der Waals surface area (Å²) in [5.74, 6) is -0.324. The monoisotopic (exact) mass is 403 g/mol. The van der Waals surface area contributed by atoms with Gasteiger partial charge in [0.2, 0.25) is 0 Å². The fraction of sp³-hybridized carbons (Fsp3) is 0.182. The number of amides is 1. The maximum atomic E-state index is 13.0. The summed E-state index contributed by atoms with van der Waals surface area (Å²) >= 11 is 0. The summed E-state index contributed by atoms with van der Waals surface area (Å²) in [6.07, 6.45) is 3.56. The lowest BCUT2D eigenvalue weighted by Crippen LogP contribution is -2.34. The highest BCUT2D eigenvalue weighted by molar-refractivity contribution is 5.98. The minimum absolute atomic E-state index is 0.274. The minimum Gasteiger partial charge on any atom is -0.341 e. The van der Waals surface area contributed by atoms with E-state index in [-0.39, 0.29) is 18.0 Å². The predicted octanol–water partition coefficient (Wildman–Crippen LogP) is 1.96.